The smallest absolute Gasteiger partial charge is 0.0919 e. The summed E-state index contributed by atoms with van der Waals surface area (Å²) in [5.74, 6) is 0. The molecule has 6 radical (unpaired) electrons. The number of nitrogens with zero attached hydrogens (tertiary/aromatic N) is 3. The second-order valence-corrected chi connectivity index (χ2v) is 0.761. The van der Waals surface area contributed by atoms with Crippen LogP contribution in [0.25, 0.3) is 0 Å². The number of hydrogen-bond donors (Lipinski definition) is 1. The van der Waals surface area contributed by atoms with E-state index in [9.17, 15) is 0 Å². The fourth-order valence-corrected chi connectivity index (χ4v) is 0.215. The van der Waals surface area contributed by atoms with E-state index in [-0.39, 0.29) is 12.3 Å². The van der Waals surface area contributed by atoms with Crippen LogP contribution in [0.2, 0.25) is 0 Å². The van der Waals surface area contributed by atoms with E-state index in [0.29, 0.717) is 0 Å². The minimum atomic E-state index is 0. The summed E-state index contributed by atoms with van der Waals surface area (Å²) in [6, 6.07) is 0. The summed E-state index contributed by atoms with van der Waals surface area (Å²) in [5, 5.41) is 0. The molecule has 1 N–H and O–H groups in total. The van der Waals surface area contributed by atoms with Crippen LogP contribution in [0, 0.1) is 0 Å². The fraction of sp³-hybridized carbons (Fsp3) is 0. The molecule has 0 spiro atoms. The first-order valence-corrected chi connectivity index (χ1v) is 1.43. The molecule has 4 heteroatoms. The second-order valence-electron chi connectivity index (χ2n) is 0.761. The van der Waals surface area contributed by atoms with Gasteiger partial charge in [-0.2, -0.15) is 0 Å². The van der Waals surface area contributed by atoms with Crippen molar-refractivity contribution in [3.8, 4) is 0 Å². The van der Waals surface area contributed by atoms with Crippen LogP contribution in [0.1, 0.15) is 0 Å². The van der Waals surface area contributed by atoms with Crippen molar-refractivity contribution in [1.29, 1.82) is 0 Å². The molecular formula is C3H4N4. The van der Waals surface area contributed by atoms with Crippen LogP contribution in [0.3, 0.4) is 0 Å². The Kier molecular flexibility index (Phi) is 6.93. The number of H-pyrrole nitrogens is 1. The van der Waals surface area contributed by atoms with Crippen molar-refractivity contribution >= 4 is 0 Å². The van der Waals surface area contributed by atoms with E-state index in [2.05, 4.69) is 9.97 Å². The van der Waals surface area contributed by atoms with Crippen LogP contribution >= 0.6 is 0 Å². The molecule has 0 bridgehead atoms. The molecule has 0 aliphatic rings. The molecule has 36 valence electrons. The standard InChI is InChI=1S/C3H4N2.2N/c1-2-5-3-4-1;;/h1-3H,(H,4,5);;. The summed E-state index contributed by atoms with van der Waals surface area (Å²) < 4.78 is 0. The Morgan fingerprint density at radius 2 is 2.00 bits per heavy atom. The van der Waals surface area contributed by atoms with E-state index in [1.807, 2.05) is 0 Å². The third-order valence-electron chi connectivity index (χ3n) is 0.406. The Morgan fingerprint density at radius 1 is 1.29 bits per heavy atom. The molecule has 1 aromatic rings. The topological polar surface area (TPSA) is 89.7 Å². The fourth-order valence-electron chi connectivity index (χ4n) is 0.215. The average molecular weight is 96.1 g/mol. The lowest BCUT2D eigenvalue weighted by atomic mass is 11.0. The highest BCUT2D eigenvalue weighted by Crippen LogP contribution is 1.62. The molecule has 0 aliphatic heterocycles. The Labute approximate surface area is 42.1 Å². The minimum Gasteiger partial charge on any atom is -0.351 e. The zero-order chi connectivity index (χ0) is 3.54. The van der Waals surface area contributed by atoms with E-state index >= 15 is 0 Å². The van der Waals surface area contributed by atoms with Crippen molar-refractivity contribution in [2.24, 2.45) is 0 Å². The van der Waals surface area contributed by atoms with Gasteiger partial charge < -0.3 is 4.98 Å². The molecule has 0 aromatic carbocycles. The Bertz CT molecular complexity index is 63.4. The van der Waals surface area contributed by atoms with Crippen LogP contribution in [0.4, 0.5) is 0 Å². The number of hydrogen-bond acceptors (Lipinski definition) is 1. The zero-order valence-electron chi connectivity index (χ0n) is 3.57. The number of aromatic nitrogens is 2. The number of rotatable bonds is 0. The monoisotopic (exact) mass is 96.0 g/mol. The molecule has 0 atom stereocenters. The summed E-state index contributed by atoms with van der Waals surface area (Å²) in [4.78, 5) is 6.42. The summed E-state index contributed by atoms with van der Waals surface area (Å²) in [6.07, 6.45) is 5.08. The van der Waals surface area contributed by atoms with Crippen molar-refractivity contribution in [3.05, 3.63) is 18.7 Å². The van der Waals surface area contributed by atoms with E-state index < -0.39 is 0 Å². The highest BCUT2D eigenvalue weighted by Gasteiger charge is 1.56. The van der Waals surface area contributed by atoms with Gasteiger partial charge in [0.05, 0.1) is 6.33 Å². The Morgan fingerprint density at radius 3 is 2.14 bits per heavy atom. The van der Waals surface area contributed by atoms with Gasteiger partial charge in [-0.15, -0.1) is 0 Å². The first-order chi connectivity index (χ1) is 2.50. The molecule has 1 aromatic heterocycles. The van der Waals surface area contributed by atoms with Gasteiger partial charge in [-0.1, -0.05) is 0 Å². The van der Waals surface area contributed by atoms with Gasteiger partial charge in [0.2, 0.25) is 0 Å². The normalized spacial score (nSPS) is 5.71. The number of aromatic amines is 1. The molecule has 0 saturated heterocycles. The molecule has 4 nitrogen and oxygen atoms in total. The first kappa shape index (κ1) is 9.46. The largest absolute Gasteiger partial charge is 0.351 e. The second kappa shape index (κ2) is 5.13. The first-order valence-electron chi connectivity index (χ1n) is 1.43. The van der Waals surface area contributed by atoms with Gasteiger partial charge >= 0.3 is 0 Å². The quantitative estimate of drug-likeness (QED) is 0.461. The van der Waals surface area contributed by atoms with Gasteiger partial charge in [-0.25, -0.2) is 4.98 Å². The molecular weight excluding hydrogens is 92.1 g/mol. The summed E-state index contributed by atoms with van der Waals surface area (Å²) in [6.45, 7) is 0. The summed E-state index contributed by atoms with van der Waals surface area (Å²) in [7, 11) is 0. The molecule has 0 amide bonds. The average Bonchev–Trinajstić information content (AvgIpc) is 1.76. The van der Waals surface area contributed by atoms with Crippen molar-refractivity contribution in [2.45, 2.75) is 0 Å². The van der Waals surface area contributed by atoms with Crippen molar-refractivity contribution in [3.63, 3.8) is 0 Å². The van der Waals surface area contributed by atoms with E-state index in [4.69, 9.17) is 0 Å². The molecule has 0 saturated carbocycles. The molecule has 1 heterocycles. The lowest BCUT2D eigenvalue weighted by Crippen LogP contribution is -1.44. The van der Waals surface area contributed by atoms with E-state index in [1.165, 1.54) is 0 Å². The van der Waals surface area contributed by atoms with Gasteiger partial charge in [0.15, 0.2) is 0 Å². The maximum absolute atomic E-state index is 3.67. The highest BCUT2D eigenvalue weighted by atomic mass is 14.8. The molecule has 7 heavy (non-hydrogen) atoms. The highest BCUT2D eigenvalue weighted by molar-refractivity contribution is 4.64. The van der Waals surface area contributed by atoms with Crippen molar-refractivity contribution < 1.29 is 0 Å². The molecule has 0 aliphatic carbocycles. The lowest BCUT2D eigenvalue weighted by molar-refractivity contribution is 1.31. The van der Waals surface area contributed by atoms with Gasteiger partial charge in [0.25, 0.3) is 0 Å². The predicted octanol–water partition coefficient (Wildman–Crippen LogP) is -0.552. The van der Waals surface area contributed by atoms with Crippen LogP contribution < -0.4 is 12.3 Å². The predicted molar refractivity (Wildman–Crippen MR) is 22.9 cm³/mol. The maximum Gasteiger partial charge on any atom is 0.0919 e. The van der Waals surface area contributed by atoms with Crippen LogP contribution in [-0.2, 0) is 0 Å². The van der Waals surface area contributed by atoms with Crippen LogP contribution in [0.5, 0.6) is 0 Å². The van der Waals surface area contributed by atoms with Crippen LogP contribution in [-0.4, -0.2) is 9.97 Å². The van der Waals surface area contributed by atoms with Gasteiger partial charge in [-0.05, 0) is 0 Å². The van der Waals surface area contributed by atoms with Gasteiger partial charge in [0.1, 0.15) is 0 Å². The van der Waals surface area contributed by atoms with Crippen LogP contribution in [0.15, 0.2) is 18.7 Å². The number of nitrogens with one attached hydrogen (secondary N) is 1. The molecule has 0 unspecified atom stereocenters. The Hall–Kier alpha value is -0.870. The van der Waals surface area contributed by atoms with Gasteiger partial charge in [-0.3, -0.25) is 0 Å². The molecule has 0 fully saturated rings. The SMILES string of the molecule is [N].[N].c1c[nH]cn1. The van der Waals surface area contributed by atoms with Gasteiger partial charge in [0, 0.05) is 24.7 Å². The number of imidazole rings is 1. The molecule has 1 rings (SSSR count). The summed E-state index contributed by atoms with van der Waals surface area (Å²) >= 11 is 0. The minimum absolute atomic E-state index is 0. The van der Waals surface area contributed by atoms with Crippen molar-refractivity contribution in [1.82, 2.24) is 22.3 Å². The Balaban J connectivity index is 0. The van der Waals surface area contributed by atoms with Crippen molar-refractivity contribution in [2.75, 3.05) is 0 Å². The lowest BCUT2D eigenvalue weighted by Gasteiger charge is -1.46. The maximum atomic E-state index is 3.67. The summed E-state index contributed by atoms with van der Waals surface area (Å²) in [5.41, 5.74) is 0. The third-order valence-corrected chi connectivity index (χ3v) is 0.406. The van der Waals surface area contributed by atoms with E-state index in [1.54, 1.807) is 18.7 Å². The zero-order valence-corrected chi connectivity index (χ0v) is 3.57. The van der Waals surface area contributed by atoms with E-state index in [0.717, 1.165) is 0 Å². The third kappa shape index (κ3) is 2.95.